The van der Waals surface area contributed by atoms with Crippen molar-refractivity contribution in [1.82, 2.24) is 4.90 Å². The van der Waals surface area contributed by atoms with E-state index in [1.54, 1.807) is 6.07 Å². The molecule has 0 spiro atoms. The van der Waals surface area contributed by atoms with E-state index in [9.17, 15) is 9.59 Å². The van der Waals surface area contributed by atoms with Crippen molar-refractivity contribution < 1.29 is 19.1 Å². The van der Waals surface area contributed by atoms with Gasteiger partial charge in [0.05, 0.1) is 24.5 Å². The van der Waals surface area contributed by atoms with E-state index in [0.717, 1.165) is 18.7 Å². The van der Waals surface area contributed by atoms with E-state index in [1.807, 2.05) is 6.07 Å². The number of halogens is 1. The van der Waals surface area contributed by atoms with Gasteiger partial charge in [-0.15, -0.1) is 0 Å². The third-order valence-corrected chi connectivity index (χ3v) is 5.80. The van der Waals surface area contributed by atoms with Gasteiger partial charge in [0.15, 0.2) is 0 Å². The van der Waals surface area contributed by atoms with Crippen LogP contribution in [0.2, 0.25) is 0 Å². The number of nitrogens with two attached hydrogens (primary N) is 1. The Kier molecular flexibility index (Phi) is 9.25. The molecular weight excluding hydrogens is 424 g/mol. The smallest absolute Gasteiger partial charge is 0.338 e. The summed E-state index contributed by atoms with van der Waals surface area (Å²) in [7, 11) is 0. The van der Waals surface area contributed by atoms with Crippen LogP contribution in [0.5, 0.6) is 0 Å². The van der Waals surface area contributed by atoms with Crippen LogP contribution in [0.15, 0.2) is 16.6 Å². The van der Waals surface area contributed by atoms with Crippen LogP contribution in [-0.2, 0) is 20.8 Å². The maximum absolute atomic E-state index is 12.4. The van der Waals surface area contributed by atoms with Crippen LogP contribution in [0.25, 0.3) is 0 Å². The molecule has 0 aromatic heterocycles. The van der Waals surface area contributed by atoms with E-state index >= 15 is 0 Å². The fourth-order valence-corrected chi connectivity index (χ4v) is 4.08. The number of anilines is 1. The molecule has 1 aliphatic carbocycles. The summed E-state index contributed by atoms with van der Waals surface area (Å²) >= 11 is 3.48. The van der Waals surface area contributed by atoms with Gasteiger partial charge >= 0.3 is 11.9 Å². The number of rotatable bonds is 10. The molecule has 1 fully saturated rings. The summed E-state index contributed by atoms with van der Waals surface area (Å²) in [6, 6.07) is 4.15. The van der Waals surface area contributed by atoms with E-state index in [2.05, 4.69) is 27.8 Å². The zero-order valence-corrected chi connectivity index (χ0v) is 18.4. The van der Waals surface area contributed by atoms with Crippen LogP contribution < -0.4 is 5.73 Å². The minimum Gasteiger partial charge on any atom is -0.466 e. The van der Waals surface area contributed by atoms with Crippen LogP contribution in [0, 0.1) is 0 Å². The van der Waals surface area contributed by atoms with Crippen LogP contribution >= 0.6 is 15.9 Å². The Hall–Kier alpha value is -1.60. The van der Waals surface area contributed by atoms with Crippen molar-refractivity contribution in [2.24, 2.45) is 0 Å². The molecule has 0 heterocycles. The predicted molar refractivity (Wildman–Crippen MR) is 113 cm³/mol. The highest BCUT2D eigenvalue weighted by Crippen LogP contribution is 2.30. The molecule has 0 atom stereocenters. The second kappa shape index (κ2) is 11.4. The van der Waals surface area contributed by atoms with Crippen LogP contribution in [-0.4, -0.2) is 42.6 Å². The Balaban J connectivity index is 1.95. The van der Waals surface area contributed by atoms with E-state index in [-0.39, 0.29) is 11.9 Å². The first-order chi connectivity index (χ1) is 13.4. The monoisotopic (exact) mass is 454 g/mol. The number of hydrogen-bond donors (Lipinski definition) is 1. The summed E-state index contributed by atoms with van der Waals surface area (Å²) in [5.74, 6) is -0.659. The third kappa shape index (κ3) is 6.78. The van der Waals surface area contributed by atoms with Crippen molar-refractivity contribution in [2.75, 3.05) is 25.5 Å². The lowest BCUT2D eigenvalue weighted by molar-refractivity contribution is -0.141. The second-order valence-corrected chi connectivity index (χ2v) is 8.07. The van der Waals surface area contributed by atoms with Crippen molar-refractivity contribution >= 4 is 33.6 Å². The molecule has 0 amide bonds. The maximum Gasteiger partial charge on any atom is 0.338 e. The predicted octanol–water partition coefficient (Wildman–Crippen LogP) is 4.30. The van der Waals surface area contributed by atoms with Crippen LogP contribution in [0.3, 0.4) is 0 Å². The number of unbranched alkanes of at least 4 members (excludes halogenated alkanes) is 1. The molecule has 28 heavy (non-hydrogen) atoms. The first-order valence-corrected chi connectivity index (χ1v) is 10.8. The van der Waals surface area contributed by atoms with Gasteiger partial charge in [0.2, 0.25) is 0 Å². The Morgan fingerprint density at radius 1 is 1.18 bits per heavy atom. The van der Waals surface area contributed by atoms with Gasteiger partial charge < -0.3 is 15.2 Å². The van der Waals surface area contributed by atoms with Gasteiger partial charge in [-0.25, -0.2) is 4.79 Å². The van der Waals surface area contributed by atoms with Gasteiger partial charge in [0, 0.05) is 24.0 Å². The Bertz CT molecular complexity index is 675. The highest BCUT2D eigenvalue weighted by Gasteiger charge is 2.23. The van der Waals surface area contributed by atoms with Crippen LogP contribution in [0.4, 0.5) is 5.69 Å². The highest BCUT2D eigenvalue weighted by atomic mass is 79.9. The molecule has 7 heteroatoms. The van der Waals surface area contributed by atoms with Crippen molar-refractivity contribution in [2.45, 2.75) is 65.0 Å². The normalized spacial score (nSPS) is 14.4. The minimum absolute atomic E-state index is 0.292. The average Bonchev–Trinajstić information content (AvgIpc) is 3.19. The second-order valence-electron chi connectivity index (χ2n) is 7.22. The first kappa shape index (κ1) is 22.7. The molecule has 2 N–H and O–H groups in total. The van der Waals surface area contributed by atoms with Gasteiger partial charge in [-0.05, 0) is 65.9 Å². The summed E-state index contributed by atoms with van der Waals surface area (Å²) in [6.45, 7) is 5.87. The minimum atomic E-state index is -0.363. The van der Waals surface area contributed by atoms with Crippen molar-refractivity contribution in [1.29, 1.82) is 0 Å². The molecule has 2 rings (SSSR count). The summed E-state index contributed by atoms with van der Waals surface area (Å²) in [4.78, 5) is 25.6. The Labute approximate surface area is 175 Å². The van der Waals surface area contributed by atoms with Crippen molar-refractivity contribution in [3.05, 3.63) is 27.7 Å². The summed E-state index contributed by atoms with van der Waals surface area (Å²) in [6.07, 6.45) is 6.33. The standard InChI is InChI=1S/C21H31BrN2O4/c1-3-24(18-8-4-5-9-18)14-17-12-16(13-19(22)20(17)23)21(26)28-11-7-6-10-27-15(2)25/h12-13,18H,3-11,14,23H2,1-2H3. The zero-order chi connectivity index (χ0) is 20.5. The lowest BCUT2D eigenvalue weighted by atomic mass is 10.1. The number of hydrogen-bond acceptors (Lipinski definition) is 6. The summed E-state index contributed by atoms with van der Waals surface area (Å²) in [5.41, 5.74) is 8.39. The number of ether oxygens (including phenoxy) is 2. The molecule has 1 aromatic rings. The first-order valence-electron chi connectivity index (χ1n) is 10.0. The molecule has 0 unspecified atom stereocenters. The number of esters is 2. The molecule has 0 radical (unpaired) electrons. The van der Waals surface area contributed by atoms with Crippen LogP contribution in [0.1, 0.15) is 68.3 Å². The lowest BCUT2D eigenvalue weighted by Gasteiger charge is -2.28. The molecule has 156 valence electrons. The van der Waals surface area contributed by atoms with Crippen molar-refractivity contribution in [3.8, 4) is 0 Å². The average molecular weight is 455 g/mol. The van der Waals surface area contributed by atoms with Gasteiger partial charge in [-0.2, -0.15) is 0 Å². The largest absolute Gasteiger partial charge is 0.466 e. The fourth-order valence-electron chi connectivity index (χ4n) is 3.58. The van der Waals surface area contributed by atoms with E-state index in [4.69, 9.17) is 15.2 Å². The molecular formula is C21H31BrN2O4. The molecule has 0 bridgehead atoms. The Morgan fingerprint density at radius 3 is 2.43 bits per heavy atom. The van der Waals surface area contributed by atoms with Gasteiger partial charge in [0.1, 0.15) is 0 Å². The SMILES string of the molecule is CCN(Cc1cc(C(=O)OCCCCOC(C)=O)cc(Br)c1N)C1CCCC1. The molecule has 0 aliphatic heterocycles. The fraction of sp³-hybridized carbons (Fsp3) is 0.619. The number of carbonyl (C=O) groups excluding carboxylic acids is 2. The number of nitrogen functional groups attached to an aromatic ring is 1. The number of nitrogens with zero attached hydrogens (tertiary/aromatic N) is 1. The van der Waals surface area contributed by atoms with Crippen molar-refractivity contribution in [3.63, 3.8) is 0 Å². The number of carbonyl (C=O) groups is 2. The maximum atomic E-state index is 12.4. The highest BCUT2D eigenvalue weighted by molar-refractivity contribution is 9.10. The van der Waals surface area contributed by atoms with Gasteiger partial charge in [-0.3, -0.25) is 9.69 Å². The molecule has 6 nitrogen and oxygen atoms in total. The molecule has 1 aliphatic rings. The molecule has 1 saturated carbocycles. The van der Waals surface area contributed by atoms with E-state index < -0.39 is 0 Å². The summed E-state index contributed by atoms with van der Waals surface area (Å²) < 4.78 is 10.9. The van der Waals surface area contributed by atoms with Gasteiger partial charge in [-0.1, -0.05) is 19.8 Å². The topological polar surface area (TPSA) is 81.9 Å². The number of benzene rings is 1. The zero-order valence-electron chi connectivity index (χ0n) is 16.8. The quantitative estimate of drug-likeness (QED) is 0.322. The molecule has 0 saturated heterocycles. The van der Waals surface area contributed by atoms with E-state index in [0.29, 0.717) is 47.8 Å². The lowest BCUT2D eigenvalue weighted by Crippen LogP contribution is -2.32. The van der Waals surface area contributed by atoms with E-state index in [1.165, 1.54) is 32.6 Å². The Morgan fingerprint density at radius 2 is 1.82 bits per heavy atom. The molecule has 1 aromatic carbocycles. The van der Waals surface area contributed by atoms with Gasteiger partial charge in [0.25, 0.3) is 0 Å². The third-order valence-electron chi connectivity index (χ3n) is 5.15. The summed E-state index contributed by atoms with van der Waals surface area (Å²) in [5, 5.41) is 0.